The molecule has 1 amide bonds. The molecule has 0 radical (unpaired) electrons. The van der Waals surface area contributed by atoms with Crippen LogP contribution in [0.2, 0.25) is 0 Å². The van der Waals surface area contributed by atoms with Crippen LogP contribution >= 0.6 is 12.2 Å². The predicted molar refractivity (Wildman–Crippen MR) is 75.9 cm³/mol. The summed E-state index contributed by atoms with van der Waals surface area (Å²) in [4.78, 5) is 18.3. The minimum absolute atomic E-state index is 0.0266. The molecule has 1 aromatic carbocycles. The molecule has 1 saturated carbocycles. The summed E-state index contributed by atoms with van der Waals surface area (Å²) < 4.78 is 13.0. The van der Waals surface area contributed by atoms with E-state index >= 15 is 0 Å². The van der Waals surface area contributed by atoms with E-state index in [-0.39, 0.29) is 22.8 Å². The number of halogens is 1. The van der Waals surface area contributed by atoms with E-state index in [1.807, 2.05) is 0 Å². The number of carbonyl (C=O) groups excluding carboxylic acids is 1. The number of aliphatic imine (C=N–C) groups is 1. The Hall–Kier alpha value is -1.62. The van der Waals surface area contributed by atoms with Crippen LogP contribution in [0, 0.1) is 11.7 Å². The van der Waals surface area contributed by atoms with Gasteiger partial charge >= 0.3 is 0 Å². The summed E-state index contributed by atoms with van der Waals surface area (Å²) in [6.07, 6.45) is 3.80. The van der Waals surface area contributed by atoms with E-state index in [1.165, 1.54) is 17.0 Å². The van der Waals surface area contributed by atoms with Crippen molar-refractivity contribution in [1.29, 1.82) is 0 Å². The fourth-order valence-corrected chi connectivity index (χ4v) is 2.96. The molecule has 0 N–H and O–H groups in total. The van der Waals surface area contributed by atoms with Crippen molar-refractivity contribution in [2.45, 2.75) is 25.7 Å². The number of thiocarbonyl (C=S) groups is 1. The molecule has 98 valence electrons. The zero-order chi connectivity index (χ0) is 13.4. The third kappa shape index (κ3) is 2.18. The summed E-state index contributed by atoms with van der Waals surface area (Å²) in [5.74, 6) is -0.507. The minimum Gasteiger partial charge on any atom is -0.273 e. The summed E-state index contributed by atoms with van der Waals surface area (Å²) in [7, 11) is 0. The Morgan fingerprint density at radius 3 is 2.74 bits per heavy atom. The second-order valence-electron chi connectivity index (χ2n) is 4.83. The molecule has 1 fully saturated rings. The van der Waals surface area contributed by atoms with Gasteiger partial charge in [-0.05, 0) is 55.7 Å². The van der Waals surface area contributed by atoms with Gasteiger partial charge in [0, 0.05) is 5.71 Å². The molecule has 0 spiro atoms. The van der Waals surface area contributed by atoms with Gasteiger partial charge in [0.05, 0.1) is 11.6 Å². The molecule has 3 nitrogen and oxygen atoms in total. The van der Waals surface area contributed by atoms with Gasteiger partial charge in [0.25, 0.3) is 0 Å². The van der Waals surface area contributed by atoms with Crippen molar-refractivity contribution >= 4 is 34.6 Å². The van der Waals surface area contributed by atoms with E-state index in [4.69, 9.17) is 12.2 Å². The van der Waals surface area contributed by atoms with Gasteiger partial charge in [-0.2, -0.15) is 0 Å². The number of nitrogens with zero attached hydrogens (tertiary/aromatic N) is 2. The van der Waals surface area contributed by atoms with Crippen molar-refractivity contribution in [3.63, 3.8) is 0 Å². The molecule has 5 heteroatoms. The van der Waals surface area contributed by atoms with E-state index in [1.54, 1.807) is 12.1 Å². The first-order valence-electron chi connectivity index (χ1n) is 6.38. The fourth-order valence-electron chi connectivity index (χ4n) is 2.65. The highest BCUT2D eigenvalue weighted by Crippen LogP contribution is 2.30. The molecule has 1 unspecified atom stereocenters. The highest BCUT2D eigenvalue weighted by molar-refractivity contribution is 7.80. The average molecular weight is 276 g/mol. The maximum Gasteiger partial charge on any atom is 0.242 e. The topological polar surface area (TPSA) is 32.7 Å². The van der Waals surface area contributed by atoms with Crippen LogP contribution in [-0.4, -0.2) is 16.7 Å². The van der Waals surface area contributed by atoms with E-state index in [0.29, 0.717) is 5.69 Å². The van der Waals surface area contributed by atoms with Crippen molar-refractivity contribution in [2.24, 2.45) is 10.9 Å². The van der Waals surface area contributed by atoms with Crippen molar-refractivity contribution in [3.8, 4) is 0 Å². The molecule has 1 aliphatic heterocycles. The number of anilines is 1. The van der Waals surface area contributed by atoms with Gasteiger partial charge in [-0.3, -0.25) is 9.69 Å². The van der Waals surface area contributed by atoms with Gasteiger partial charge < -0.3 is 0 Å². The second-order valence-corrected chi connectivity index (χ2v) is 5.20. The molecule has 0 aromatic heterocycles. The third-order valence-corrected chi connectivity index (χ3v) is 3.89. The summed E-state index contributed by atoms with van der Waals surface area (Å²) in [5, 5.41) is 0.268. The van der Waals surface area contributed by atoms with Crippen LogP contribution in [0.1, 0.15) is 25.7 Å². The Morgan fingerprint density at radius 1 is 1.26 bits per heavy atom. The van der Waals surface area contributed by atoms with E-state index in [0.717, 1.165) is 31.4 Å². The molecule has 1 atom stereocenters. The number of rotatable bonds is 1. The molecule has 0 bridgehead atoms. The van der Waals surface area contributed by atoms with Gasteiger partial charge in [0.15, 0.2) is 0 Å². The Kier molecular flexibility index (Phi) is 3.14. The van der Waals surface area contributed by atoms with Crippen molar-refractivity contribution in [2.75, 3.05) is 4.90 Å². The number of fused-ring (bicyclic) bond motifs is 1. The predicted octanol–water partition coefficient (Wildman–Crippen LogP) is 3.09. The highest BCUT2D eigenvalue weighted by atomic mass is 32.1. The molecule has 2 aliphatic rings. The first-order valence-corrected chi connectivity index (χ1v) is 6.78. The lowest BCUT2D eigenvalue weighted by Crippen LogP contribution is -2.47. The second kappa shape index (κ2) is 4.81. The lowest BCUT2D eigenvalue weighted by molar-refractivity contribution is -0.120. The summed E-state index contributed by atoms with van der Waals surface area (Å²) in [6.45, 7) is 0. The Morgan fingerprint density at radius 2 is 2.00 bits per heavy atom. The number of hydrogen-bond acceptors (Lipinski definition) is 2. The number of benzene rings is 1. The number of amides is 1. The zero-order valence-electron chi connectivity index (χ0n) is 10.3. The summed E-state index contributed by atoms with van der Waals surface area (Å²) in [6, 6.07) is 5.77. The Balaban J connectivity index is 1.98. The van der Waals surface area contributed by atoms with Gasteiger partial charge in [-0.15, -0.1) is 0 Å². The third-order valence-electron chi connectivity index (χ3n) is 3.61. The van der Waals surface area contributed by atoms with E-state index < -0.39 is 0 Å². The lowest BCUT2D eigenvalue weighted by atomic mass is 9.85. The Bertz CT molecular complexity index is 567. The zero-order valence-corrected chi connectivity index (χ0v) is 11.1. The van der Waals surface area contributed by atoms with Crippen LogP contribution < -0.4 is 4.90 Å². The SMILES string of the molecule is O=C1C2CCCCC2=NC(=S)N1c1ccc(F)cc1. The summed E-state index contributed by atoms with van der Waals surface area (Å²) >= 11 is 5.21. The number of hydrogen-bond donors (Lipinski definition) is 0. The first-order chi connectivity index (χ1) is 9.16. The van der Waals surface area contributed by atoms with Crippen molar-refractivity contribution in [1.82, 2.24) is 0 Å². The molecule has 1 heterocycles. The normalized spacial score (nSPS) is 23.1. The molecular weight excluding hydrogens is 263 g/mol. The molecular formula is C14H13FN2OS. The van der Waals surface area contributed by atoms with Crippen LogP contribution in [0.3, 0.4) is 0 Å². The molecule has 1 aromatic rings. The van der Waals surface area contributed by atoms with Gasteiger partial charge in [0.1, 0.15) is 5.82 Å². The van der Waals surface area contributed by atoms with Crippen molar-refractivity contribution < 1.29 is 9.18 Å². The van der Waals surface area contributed by atoms with Crippen LogP contribution in [0.4, 0.5) is 10.1 Å². The van der Waals surface area contributed by atoms with Gasteiger partial charge in [-0.25, -0.2) is 9.38 Å². The lowest BCUT2D eigenvalue weighted by Gasteiger charge is -2.33. The average Bonchev–Trinajstić information content (AvgIpc) is 2.41. The minimum atomic E-state index is -0.332. The smallest absolute Gasteiger partial charge is 0.242 e. The molecule has 1 aliphatic carbocycles. The first kappa shape index (κ1) is 12.4. The highest BCUT2D eigenvalue weighted by Gasteiger charge is 2.37. The van der Waals surface area contributed by atoms with Gasteiger partial charge in [-0.1, -0.05) is 6.42 Å². The van der Waals surface area contributed by atoms with Crippen LogP contribution in [0.15, 0.2) is 29.3 Å². The number of carbonyl (C=O) groups is 1. The van der Waals surface area contributed by atoms with Crippen LogP contribution in [0.25, 0.3) is 0 Å². The molecule has 19 heavy (non-hydrogen) atoms. The van der Waals surface area contributed by atoms with Crippen LogP contribution in [-0.2, 0) is 4.79 Å². The van der Waals surface area contributed by atoms with E-state index in [2.05, 4.69) is 4.99 Å². The van der Waals surface area contributed by atoms with Gasteiger partial charge in [0.2, 0.25) is 11.0 Å². The maximum atomic E-state index is 13.0. The Labute approximate surface area is 116 Å². The molecule has 3 rings (SSSR count). The monoisotopic (exact) mass is 276 g/mol. The fraction of sp³-hybridized carbons (Fsp3) is 0.357. The quantitative estimate of drug-likeness (QED) is 0.738. The van der Waals surface area contributed by atoms with Crippen LogP contribution in [0.5, 0.6) is 0 Å². The van der Waals surface area contributed by atoms with E-state index in [9.17, 15) is 9.18 Å². The maximum absolute atomic E-state index is 13.0. The summed E-state index contributed by atoms with van der Waals surface area (Å²) in [5.41, 5.74) is 1.50. The largest absolute Gasteiger partial charge is 0.273 e. The standard InChI is InChI=1S/C14H13FN2OS/c15-9-5-7-10(8-6-9)17-13(18)11-3-1-2-4-12(11)16-14(17)19/h5-8,11H,1-4H2. The van der Waals surface area contributed by atoms with Crippen molar-refractivity contribution in [3.05, 3.63) is 30.1 Å². The molecule has 0 saturated heterocycles.